The van der Waals surface area contributed by atoms with Crippen LogP contribution in [0.25, 0.3) is 0 Å². The summed E-state index contributed by atoms with van der Waals surface area (Å²) in [6.45, 7) is 0.308. The molecular weight excluding hydrogens is 168 g/mol. The normalized spacial score (nSPS) is 14.7. The third-order valence-corrected chi connectivity index (χ3v) is 2.09. The van der Waals surface area contributed by atoms with Crippen LogP contribution in [0, 0.1) is 0 Å². The third-order valence-electron chi connectivity index (χ3n) is 2.09. The highest BCUT2D eigenvalue weighted by Crippen LogP contribution is 2.23. The molecule has 3 rings (SSSR count). The van der Waals surface area contributed by atoms with Gasteiger partial charge in [-0.1, -0.05) is 12.1 Å². The minimum atomic E-state index is -0.178. The van der Waals surface area contributed by atoms with Gasteiger partial charge in [0.2, 0.25) is 0 Å². The van der Waals surface area contributed by atoms with Crippen molar-refractivity contribution >= 4 is 5.97 Å². The summed E-state index contributed by atoms with van der Waals surface area (Å²) in [5, 5.41) is 0. The van der Waals surface area contributed by atoms with Gasteiger partial charge in [0, 0.05) is 5.56 Å². The highest BCUT2D eigenvalue weighted by molar-refractivity contribution is 5.73. The molecule has 0 fully saturated rings. The Morgan fingerprint density at radius 1 is 1.46 bits per heavy atom. The zero-order valence-electron chi connectivity index (χ0n) is 7.37. The van der Waals surface area contributed by atoms with Crippen LogP contribution in [-0.2, 0) is 22.6 Å². The van der Waals surface area contributed by atoms with Crippen LogP contribution < -0.4 is 4.74 Å². The summed E-state index contributed by atoms with van der Waals surface area (Å²) in [6, 6.07) is 5.74. The topological polar surface area (TPSA) is 35.5 Å². The summed E-state index contributed by atoms with van der Waals surface area (Å²) < 4.78 is 10.1. The minimum absolute atomic E-state index is 0.178. The van der Waals surface area contributed by atoms with E-state index in [1.807, 2.05) is 18.2 Å². The zero-order chi connectivity index (χ0) is 9.26. The van der Waals surface area contributed by atoms with Crippen molar-refractivity contribution in [3.05, 3.63) is 29.3 Å². The molecule has 2 heterocycles. The number of rotatable bonds is 1. The lowest BCUT2D eigenvalue weighted by molar-refractivity contribution is -0.144. The van der Waals surface area contributed by atoms with Crippen molar-refractivity contribution in [2.75, 3.05) is 7.11 Å². The lowest BCUT2D eigenvalue weighted by atomic mass is 10.1. The van der Waals surface area contributed by atoms with Crippen molar-refractivity contribution < 1.29 is 14.3 Å². The molecule has 0 aliphatic carbocycles. The molecule has 0 aromatic heterocycles. The van der Waals surface area contributed by atoms with Crippen molar-refractivity contribution in [1.82, 2.24) is 0 Å². The second-order valence-electron chi connectivity index (χ2n) is 2.98. The monoisotopic (exact) mass is 178 g/mol. The van der Waals surface area contributed by atoms with E-state index >= 15 is 0 Å². The van der Waals surface area contributed by atoms with E-state index in [0.717, 1.165) is 16.9 Å². The smallest absolute Gasteiger partial charge is 0.310 e. The van der Waals surface area contributed by atoms with Crippen LogP contribution in [0.4, 0.5) is 0 Å². The Bertz CT molecular complexity index is 344. The van der Waals surface area contributed by atoms with Gasteiger partial charge in [-0.05, 0) is 11.6 Å². The van der Waals surface area contributed by atoms with E-state index in [4.69, 9.17) is 9.47 Å². The van der Waals surface area contributed by atoms with Crippen LogP contribution in [0.5, 0.6) is 5.75 Å². The number of fused-ring (bicyclic) bond motifs is 5. The molecule has 1 aromatic carbocycles. The second-order valence-corrected chi connectivity index (χ2v) is 2.98. The first-order valence-corrected chi connectivity index (χ1v) is 4.11. The first-order valence-electron chi connectivity index (χ1n) is 4.11. The lowest BCUT2D eigenvalue weighted by Gasteiger charge is -2.14. The number of esters is 1. The summed E-state index contributed by atoms with van der Waals surface area (Å²) >= 11 is 0. The molecule has 1 aromatic rings. The van der Waals surface area contributed by atoms with Crippen molar-refractivity contribution in [3.63, 3.8) is 0 Å². The molecule has 0 saturated heterocycles. The first-order chi connectivity index (χ1) is 6.29. The molecule has 0 saturated carbocycles. The van der Waals surface area contributed by atoms with E-state index in [9.17, 15) is 4.79 Å². The molecule has 13 heavy (non-hydrogen) atoms. The fraction of sp³-hybridized carbons (Fsp3) is 0.300. The van der Waals surface area contributed by atoms with Crippen LogP contribution in [0.2, 0.25) is 0 Å². The number of benzene rings is 1. The fourth-order valence-electron chi connectivity index (χ4n) is 1.39. The van der Waals surface area contributed by atoms with Crippen molar-refractivity contribution in [2.45, 2.75) is 13.0 Å². The molecule has 0 N–H and O–H groups in total. The maximum absolute atomic E-state index is 11.1. The molecule has 68 valence electrons. The number of methoxy groups -OCH3 is 1. The summed E-state index contributed by atoms with van der Waals surface area (Å²) in [5.74, 6) is 0.619. The number of carbonyl (C=O) groups excluding carboxylic acids is 1. The number of carbonyl (C=O) groups is 1. The molecule has 2 bridgehead atoms. The predicted molar refractivity (Wildman–Crippen MR) is 46.5 cm³/mol. The SMILES string of the molecule is COc1cc2ccc1COC(=O)C2. The summed E-state index contributed by atoms with van der Waals surface area (Å²) in [6.07, 6.45) is 0.330. The maximum Gasteiger partial charge on any atom is 0.310 e. The zero-order valence-corrected chi connectivity index (χ0v) is 7.37. The van der Waals surface area contributed by atoms with E-state index in [1.54, 1.807) is 7.11 Å². The number of hydrogen-bond acceptors (Lipinski definition) is 3. The lowest BCUT2D eigenvalue weighted by Crippen LogP contribution is -2.12. The first kappa shape index (κ1) is 8.10. The molecule has 0 spiro atoms. The molecule has 2 aliphatic heterocycles. The average Bonchev–Trinajstić information content (AvgIpc) is 2.11. The van der Waals surface area contributed by atoms with Gasteiger partial charge in [-0.3, -0.25) is 4.79 Å². The predicted octanol–water partition coefficient (Wildman–Crippen LogP) is 1.29. The summed E-state index contributed by atoms with van der Waals surface area (Å²) in [5.41, 5.74) is 1.85. The van der Waals surface area contributed by atoms with Gasteiger partial charge in [0.05, 0.1) is 13.5 Å². The van der Waals surface area contributed by atoms with Crippen LogP contribution in [-0.4, -0.2) is 13.1 Å². The molecule has 0 radical (unpaired) electrons. The van der Waals surface area contributed by atoms with Crippen LogP contribution in [0.1, 0.15) is 11.1 Å². The molecule has 3 nitrogen and oxygen atoms in total. The van der Waals surface area contributed by atoms with Crippen molar-refractivity contribution in [3.8, 4) is 5.75 Å². The van der Waals surface area contributed by atoms with Gasteiger partial charge in [0.1, 0.15) is 12.4 Å². The van der Waals surface area contributed by atoms with E-state index in [2.05, 4.69) is 0 Å². The Labute approximate surface area is 76.3 Å². The Morgan fingerprint density at radius 3 is 3.08 bits per heavy atom. The molecule has 3 heteroatoms. The Balaban J connectivity index is 2.45. The third kappa shape index (κ3) is 1.49. The summed E-state index contributed by atoms with van der Waals surface area (Å²) in [4.78, 5) is 11.1. The van der Waals surface area contributed by atoms with Gasteiger partial charge < -0.3 is 9.47 Å². The largest absolute Gasteiger partial charge is 0.496 e. The number of ether oxygens (including phenoxy) is 2. The standard InChI is InChI=1S/C10H10O3/c1-12-9-4-7-2-3-8(9)6-13-10(11)5-7/h2-4H,5-6H2,1H3. The van der Waals surface area contributed by atoms with Crippen LogP contribution in [0.15, 0.2) is 18.2 Å². The van der Waals surface area contributed by atoms with Crippen molar-refractivity contribution in [1.29, 1.82) is 0 Å². The van der Waals surface area contributed by atoms with E-state index in [0.29, 0.717) is 13.0 Å². The Hall–Kier alpha value is -1.51. The molecule has 0 atom stereocenters. The van der Waals surface area contributed by atoms with E-state index in [1.165, 1.54) is 0 Å². The highest BCUT2D eigenvalue weighted by atomic mass is 16.5. The van der Waals surface area contributed by atoms with Gasteiger partial charge in [-0.25, -0.2) is 0 Å². The Kier molecular flexibility index (Phi) is 1.93. The van der Waals surface area contributed by atoms with Gasteiger partial charge in [0.15, 0.2) is 0 Å². The van der Waals surface area contributed by atoms with Gasteiger partial charge in [-0.2, -0.15) is 0 Å². The van der Waals surface area contributed by atoms with Gasteiger partial charge in [0.25, 0.3) is 0 Å². The van der Waals surface area contributed by atoms with E-state index < -0.39 is 0 Å². The van der Waals surface area contributed by atoms with Crippen LogP contribution >= 0.6 is 0 Å². The Morgan fingerprint density at radius 2 is 2.31 bits per heavy atom. The fourth-order valence-corrected chi connectivity index (χ4v) is 1.39. The quantitative estimate of drug-likeness (QED) is 0.608. The number of hydrogen-bond donors (Lipinski definition) is 0. The van der Waals surface area contributed by atoms with Crippen LogP contribution in [0.3, 0.4) is 0 Å². The van der Waals surface area contributed by atoms with Crippen molar-refractivity contribution in [2.24, 2.45) is 0 Å². The molecular formula is C10H10O3. The molecule has 0 amide bonds. The maximum atomic E-state index is 11.1. The summed E-state index contributed by atoms with van der Waals surface area (Å²) in [7, 11) is 1.62. The second kappa shape index (κ2) is 3.09. The molecule has 2 aliphatic rings. The highest BCUT2D eigenvalue weighted by Gasteiger charge is 2.13. The van der Waals surface area contributed by atoms with Gasteiger partial charge >= 0.3 is 5.97 Å². The molecule has 0 unspecified atom stereocenters. The van der Waals surface area contributed by atoms with Gasteiger partial charge in [-0.15, -0.1) is 0 Å². The van der Waals surface area contributed by atoms with E-state index in [-0.39, 0.29) is 5.97 Å². The minimum Gasteiger partial charge on any atom is -0.496 e. The average molecular weight is 178 g/mol.